The van der Waals surface area contributed by atoms with Crippen LogP contribution in [0.5, 0.6) is 0 Å². The van der Waals surface area contributed by atoms with Crippen molar-refractivity contribution in [1.82, 2.24) is 9.88 Å². The molecule has 124 valence electrons. The van der Waals surface area contributed by atoms with Crippen LogP contribution in [0.3, 0.4) is 0 Å². The first-order valence-electron chi connectivity index (χ1n) is 7.58. The summed E-state index contributed by atoms with van der Waals surface area (Å²) in [5, 5.41) is 3.27. The summed E-state index contributed by atoms with van der Waals surface area (Å²) in [6.07, 6.45) is 1.91. The molecule has 0 atom stereocenters. The molecule has 0 radical (unpaired) electrons. The minimum absolute atomic E-state index is 0. The summed E-state index contributed by atoms with van der Waals surface area (Å²) in [7, 11) is 2.15. The van der Waals surface area contributed by atoms with Gasteiger partial charge in [0.1, 0.15) is 11.6 Å². The van der Waals surface area contributed by atoms with E-state index < -0.39 is 0 Å². The number of piperazine rings is 1. The normalized spacial score (nSPS) is 15.1. The number of anilines is 2. The average Bonchev–Trinajstić information content (AvgIpc) is 2.56. The third-order valence-electron chi connectivity index (χ3n) is 3.98. The van der Waals surface area contributed by atoms with Crippen molar-refractivity contribution in [2.24, 2.45) is 0 Å². The van der Waals surface area contributed by atoms with Crippen molar-refractivity contribution < 1.29 is 4.39 Å². The van der Waals surface area contributed by atoms with Gasteiger partial charge in [0.2, 0.25) is 0 Å². The SMILES string of the molecule is CN1CCN(c2ccc(CNc3ccc(F)cc3)cn2)CC1.Cl. The van der Waals surface area contributed by atoms with Gasteiger partial charge in [0.15, 0.2) is 0 Å². The van der Waals surface area contributed by atoms with Crippen molar-refractivity contribution in [3.05, 3.63) is 54.0 Å². The summed E-state index contributed by atoms with van der Waals surface area (Å²) in [5.41, 5.74) is 2.02. The van der Waals surface area contributed by atoms with Crippen LogP contribution in [0.4, 0.5) is 15.9 Å². The standard InChI is InChI=1S/C17H21FN4.ClH/c1-21-8-10-22(11-9-21)17-7-2-14(13-20-17)12-19-16-5-3-15(18)4-6-16;/h2-7,13,19H,8-12H2,1H3;1H. The van der Waals surface area contributed by atoms with E-state index in [2.05, 4.69) is 39.3 Å². The first kappa shape index (κ1) is 17.5. The molecule has 2 aromatic rings. The number of hydrogen-bond donors (Lipinski definition) is 1. The Morgan fingerprint density at radius 3 is 2.35 bits per heavy atom. The molecule has 1 aliphatic rings. The van der Waals surface area contributed by atoms with Crippen molar-refractivity contribution in [3.8, 4) is 0 Å². The highest BCUT2D eigenvalue weighted by Crippen LogP contribution is 2.15. The predicted octanol–water partition coefficient (Wildman–Crippen LogP) is 3.01. The lowest BCUT2D eigenvalue weighted by Gasteiger charge is -2.33. The van der Waals surface area contributed by atoms with E-state index in [0.29, 0.717) is 6.54 Å². The second kappa shape index (κ2) is 8.13. The summed E-state index contributed by atoms with van der Waals surface area (Å²) >= 11 is 0. The Labute approximate surface area is 142 Å². The van der Waals surface area contributed by atoms with Gasteiger partial charge in [-0.1, -0.05) is 6.07 Å². The van der Waals surface area contributed by atoms with E-state index >= 15 is 0 Å². The van der Waals surface area contributed by atoms with Gasteiger partial charge in [0.05, 0.1) is 0 Å². The summed E-state index contributed by atoms with van der Waals surface area (Å²) in [6, 6.07) is 10.6. The van der Waals surface area contributed by atoms with Gasteiger partial charge in [-0.3, -0.25) is 0 Å². The van der Waals surface area contributed by atoms with E-state index in [1.165, 1.54) is 12.1 Å². The first-order chi connectivity index (χ1) is 10.7. The predicted molar refractivity (Wildman–Crippen MR) is 94.9 cm³/mol. The van der Waals surface area contributed by atoms with Crippen molar-refractivity contribution in [2.75, 3.05) is 43.4 Å². The topological polar surface area (TPSA) is 31.4 Å². The maximum Gasteiger partial charge on any atom is 0.128 e. The summed E-state index contributed by atoms with van der Waals surface area (Å²) in [5.74, 6) is 0.822. The molecule has 0 amide bonds. The van der Waals surface area contributed by atoms with Crippen molar-refractivity contribution in [3.63, 3.8) is 0 Å². The molecule has 1 aromatic heterocycles. The molecular formula is C17H22ClFN4. The lowest BCUT2D eigenvalue weighted by atomic mass is 10.2. The van der Waals surface area contributed by atoms with Gasteiger partial charge in [0.25, 0.3) is 0 Å². The zero-order valence-electron chi connectivity index (χ0n) is 13.2. The third-order valence-corrected chi connectivity index (χ3v) is 3.98. The molecule has 1 N–H and O–H groups in total. The molecule has 6 heteroatoms. The minimum Gasteiger partial charge on any atom is -0.381 e. The maximum absolute atomic E-state index is 12.8. The number of benzene rings is 1. The average molecular weight is 337 g/mol. The molecule has 1 saturated heterocycles. The van der Waals surface area contributed by atoms with Gasteiger partial charge in [-0.2, -0.15) is 0 Å². The largest absolute Gasteiger partial charge is 0.381 e. The number of nitrogens with one attached hydrogen (secondary N) is 1. The number of pyridine rings is 1. The lowest BCUT2D eigenvalue weighted by molar-refractivity contribution is 0.312. The molecule has 1 fully saturated rings. The van der Waals surface area contributed by atoms with Gasteiger partial charge in [-0.05, 0) is 42.9 Å². The maximum atomic E-state index is 12.8. The Bertz CT molecular complexity index is 595. The van der Waals surface area contributed by atoms with Crippen LogP contribution in [0.1, 0.15) is 5.56 Å². The Morgan fingerprint density at radius 1 is 1.04 bits per heavy atom. The number of nitrogens with zero attached hydrogens (tertiary/aromatic N) is 3. The van der Waals surface area contributed by atoms with Crippen molar-refractivity contribution in [1.29, 1.82) is 0 Å². The Hall–Kier alpha value is -1.85. The van der Waals surface area contributed by atoms with E-state index in [-0.39, 0.29) is 18.2 Å². The highest BCUT2D eigenvalue weighted by atomic mass is 35.5. The smallest absolute Gasteiger partial charge is 0.128 e. The summed E-state index contributed by atoms with van der Waals surface area (Å²) in [6.45, 7) is 4.89. The van der Waals surface area contributed by atoms with Crippen LogP contribution in [0.15, 0.2) is 42.6 Å². The minimum atomic E-state index is -0.219. The van der Waals surface area contributed by atoms with Gasteiger partial charge in [-0.15, -0.1) is 12.4 Å². The van der Waals surface area contributed by atoms with E-state index in [0.717, 1.165) is 43.2 Å². The van der Waals surface area contributed by atoms with Crippen molar-refractivity contribution >= 4 is 23.9 Å². The van der Waals surface area contributed by atoms with Crippen LogP contribution >= 0.6 is 12.4 Å². The van der Waals surface area contributed by atoms with Crippen LogP contribution in [-0.4, -0.2) is 43.1 Å². The Balaban J connectivity index is 0.00000192. The van der Waals surface area contributed by atoms with E-state index in [1.807, 2.05) is 6.20 Å². The third kappa shape index (κ3) is 4.81. The highest BCUT2D eigenvalue weighted by molar-refractivity contribution is 5.85. The zero-order valence-corrected chi connectivity index (χ0v) is 14.0. The molecule has 0 aliphatic carbocycles. The number of rotatable bonds is 4. The molecule has 0 unspecified atom stereocenters. The number of hydrogen-bond acceptors (Lipinski definition) is 4. The molecule has 0 bridgehead atoms. The second-order valence-corrected chi connectivity index (χ2v) is 5.68. The van der Waals surface area contributed by atoms with Crippen molar-refractivity contribution in [2.45, 2.75) is 6.54 Å². The fourth-order valence-electron chi connectivity index (χ4n) is 2.52. The molecule has 3 rings (SSSR count). The van der Waals surface area contributed by atoms with Crippen LogP contribution in [0, 0.1) is 5.82 Å². The Morgan fingerprint density at radius 2 is 1.74 bits per heavy atom. The van der Waals surface area contributed by atoms with Gasteiger partial charge >= 0.3 is 0 Å². The van der Waals surface area contributed by atoms with E-state index in [1.54, 1.807) is 12.1 Å². The Kier molecular flexibility index (Phi) is 6.19. The van der Waals surface area contributed by atoms with Crippen LogP contribution in [0.2, 0.25) is 0 Å². The number of likely N-dealkylation sites (N-methyl/N-ethyl adjacent to an activating group) is 1. The molecule has 23 heavy (non-hydrogen) atoms. The van der Waals surface area contributed by atoms with E-state index in [9.17, 15) is 4.39 Å². The quantitative estimate of drug-likeness (QED) is 0.930. The molecule has 1 aliphatic heterocycles. The number of aromatic nitrogens is 1. The van der Waals surface area contributed by atoms with Crippen LogP contribution < -0.4 is 10.2 Å². The van der Waals surface area contributed by atoms with Crippen LogP contribution in [-0.2, 0) is 6.54 Å². The molecule has 4 nitrogen and oxygen atoms in total. The molecule has 0 saturated carbocycles. The molecule has 2 heterocycles. The monoisotopic (exact) mass is 336 g/mol. The molecular weight excluding hydrogens is 315 g/mol. The molecule has 0 spiro atoms. The van der Waals surface area contributed by atoms with Crippen LogP contribution in [0.25, 0.3) is 0 Å². The second-order valence-electron chi connectivity index (χ2n) is 5.68. The summed E-state index contributed by atoms with van der Waals surface area (Å²) in [4.78, 5) is 9.21. The van der Waals surface area contributed by atoms with Gasteiger partial charge < -0.3 is 15.1 Å². The van der Waals surface area contributed by atoms with Gasteiger partial charge in [-0.25, -0.2) is 9.37 Å². The first-order valence-corrected chi connectivity index (χ1v) is 7.58. The number of halogens is 2. The zero-order chi connectivity index (χ0) is 15.4. The fraction of sp³-hybridized carbons (Fsp3) is 0.353. The highest BCUT2D eigenvalue weighted by Gasteiger charge is 2.14. The summed E-state index contributed by atoms with van der Waals surface area (Å²) < 4.78 is 12.8. The van der Waals surface area contributed by atoms with E-state index in [4.69, 9.17) is 0 Å². The fourth-order valence-corrected chi connectivity index (χ4v) is 2.52. The lowest BCUT2D eigenvalue weighted by Crippen LogP contribution is -2.44. The van der Waals surface area contributed by atoms with Gasteiger partial charge in [0, 0.05) is 44.6 Å². The molecule has 1 aromatic carbocycles.